The minimum atomic E-state index is -0.158. The third kappa shape index (κ3) is 7.23. The van der Waals surface area contributed by atoms with E-state index >= 15 is 0 Å². The van der Waals surface area contributed by atoms with Crippen LogP contribution in [0.25, 0.3) is 0 Å². The van der Waals surface area contributed by atoms with E-state index in [1.807, 2.05) is 26.0 Å². The average molecular weight is 281 g/mol. The Labute approximate surface area is 120 Å². The average Bonchev–Trinajstić information content (AvgIpc) is 2.36. The van der Waals surface area contributed by atoms with Crippen LogP contribution in [-0.2, 0) is 16.1 Å². The Bertz CT molecular complexity index is 393. The molecule has 0 atom stereocenters. The van der Waals surface area contributed by atoms with Gasteiger partial charge in [0.15, 0.2) is 0 Å². The van der Waals surface area contributed by atoms with E-state index in [2.05, 4.69) is 24.4 Å². The third-order valence-electron chi connectivity index (χ3n) is 2.38. The molecule has 0 aliphatic rings. The first-order chi connectivity index (χ1) is 9.11. The molecular weight excluding hydrogens is 258 g/mol. The number of hydrogen-bond donors (Lipinski definition) is 1. The SMILES string of the molecule is CCCNCc1cccc(SCC(=O)OC(C)C)c1. The van der Waals surface area contributed by atoms with Crippen molar-refractivity contribution in [1.29, 1.82) is 0 Å². The van der Waals surface area contributed by atoms with E-state index in [0.717, 1.165) is 24.4 Å². The molecule has 4 heteroatoms. The minimum Gasteiger partial charge on any atom is -0.462 e. The summed E-state index contributed by atoms with van der Waals surface area (Å²) < 4.78 is 5.11. The molecule has 0 aliphatic carbocycles. The molecule has 0 spiro atoms. The minimum absolute atomic E-state index is 0.0438. The van der Waals surface area contributed by atoms with Crippen LogP contribution in [-0.4, -0.2) is 24.4 Å². The van der Waals surface area contributed by atoms with E-state index in [1.165, 1.54) is 17.3 Å². The highest BCUT2D eigenvalue weighted by atomic mass is 32.2. The van der Waals surface area contributed by atoms with Gasteiger partial charge in [-0.25, -0.2) is 0 Å². The number of nitrogens with one attached hydrogen (secondary N) is 1. The van der Waals surface area contributed by atoms with Gasteiger partial charge in [-0.15, -0.1) is 11.8 Å². The molecule has 3 nitrogen and oxygen atoms in total. The molecular formula is C15H23NO2S. The Morgan fingerprint density at radius 3 is 2.89 bits per heavy atom. The van der Waals surface area contributed by atoms with Gasteiger partial charge in [-0.2, -0.15) is 0 Å². The second-order valence-corrected chi connectivity index (χ2v) is 5.70. The fourth-order valence-corrected chi connectivity index (χ4v) is 2.36. The molecule has 0 saturated carbocycles. The van der Waals surface area contributed by atoms with Gasteiger partial charge in [0.25, 0.3) is 0 Å². The molecule has 0 fully saturated rings. The summed E-state index contributed by atoms with van der Waals surface area (Å²) in [5.41, 5.74) is 1.25. The van der Waals surface area contributed by atoms with Gasteiger partial charge >= 0.3 is 5.97 Å². The topological polar surface area (TPSA) is 38.3 Å². The highest BCUT2D eigenvalue weighted by Gasteiger charge is 2.06. The van der Waals surface area contributed by atoms with E-state index in [9.17, 15) is 4.79 Å². The molecule has 1 aromatic rings. The lowest BCUT2D eigenvalue weighted by Gasteiger charge is -2.08. The molecule has 0 bridgehead atoms. The van der Waals surface area contributed by atoms with Crippen molar-refractivity contribution in [3.05, 3.63) is 29.8 Å². The second kappa shape index (κ2) is 8.99. The number of hydrogen-bond acceptors (Lipinski definition) is 4. The number of thioether (sulfide) groups is 1. The lowest BCUT2D eigenvalue weighted by Crippen LogP contribution is -2.14. The van der Waals surface area contributed by atoms with Crippen LogP contribution in [0, 0.1) is 0 Å². The number of carbonyl (C=O) groups is 1. The smallest absolute Gasteiger partial charge is 0.316 e. The maximum Gasteiger partial charge on any atom is 0.316 e. The van der Waals surface area contributed by atoms with Gasteiger partial charge in [0.05, 0.1) is 11.9 Å². The van der Waals surface area contributed by atoms with Crippen molar-refractivity contribution >= 4 is 17.7 Å². The van der Waals surface area contributed by atoms with Gasteiger partial charge < -0.3 is 10.1 Å². The molecule has 1 aromatic carbocycles. The van der Waals surface area contributed by atoms with Gasteiger partial charge in [-0.3, -0.25) is 4.79 Å². The zero-order chi connectivity index (χ0) is 14.1. The number of carbonyl (C=O) groups excluding carboxylic acids is 1. The molecule has 106 valence electrons. The molecule has 0 amide bonds. The van der Waals surface area contributed by atoms with Crippen molar-refractivity contribution in [3.8, 4) is 0 Å². The fourth-order valence-electron chi connectivity index (χ4n) is 1.59. The van der Waals surface area contributed by atoms with Gasteiger partial charge in [0, 0.05) is 11.4 Å². The monoisotopic (exact) mass is 281 g/mol. The zero-order valence-corrected chi connectivity index (χ0v) is 12.8. The Hall–Kier alpha value is -1.00. The second-order valence-electron chi connectivity index (χ2n) is 4.65. The normalized spacial score (nSPS) is 10.7. The lowest BCUT2D eigenvalue weighted by atomic mass is 10.2. The first-order valence-corrected chi connectivity index (χ1v) is 7.72. The summed E-state index contributed by atoms with van der Waals surface area (Å²) in [7, 11) is 0. The Morgan fingerprint density at radius 1 is 1.42 bits per heavy atom. The van der Waals surface area contributed by atoms with Crippen LogP contribution in [0.1, 0.15) is 32.8 Å². The predicted octanol–water partition coefficient (Wildman–Crippen LogP) is 3.23. The van der Waals surface area contributed by atoms with E-state index in [-0.39, 0.29) is 12.1 Å². The van der Waals surface area contributed by atoms with E-state index in [4.69, 9.17) is 4.74 Å². The number of esters is 1. The van der Waals surface area contributed by atoms with Crippen molar-refractivity contribution in [2.24, 2.45) is 0 Å². The Morgan fingerprint density at radius 2 is 2.21 bits per heavy atom. The van der Waals surface area contributed by atoms with Gasteiger partial charge in [-0.1, -0.05) is 19.1 Å². The van der Waals surface area contributed by atoms with Crippen LogP contribution < -0.4 is 5.32 Å². The summed E-state index contributed by atoms with van der Waals surface area (Å²) in [6.45, 7) is 7.78. The number of benzene rings is 1. The van der Waals surface area contributed by atoms with Crippen LogP contribution in [0.4, 0.5) is 0 Å². The van der Waals surface area contributed by atoms with Crippen LogP contribution in [0.2, 0.25) is 0 Å². The van der Waals surface area contributed by atoms with Crippen LogP contribution in [0.15, 0.2) is 29.2 Å². The highest BCUT2D eigenvalue weighted by molar-refractivity contribution is 8.00. The molecule has 0 aliphatic heterocycles. The third-order valence-corrected chi connectivity index (χ3v) is 3.35. The van der Waals surface area contributed by atoms with Gasteiger partial charge in [0.2, 0.25) is 0 Å². The highest BCUT2D eigenvalue weighted by Crippen LogP contribution is 2.19. The first kappa shape index (κ1) is 16.1. The summed E-state index contributed by atoms with van der Waals surface area (Å²) in [6, 6.07) is 8.27. The van der Waals surface area contributed by atoms with Gasteiger partial charge in [-0.05, 0) is 44.5 Å². The molecule has 1 rings (SSSR count). The maximum absolute atomic E-state index is 11.5. The molecule has 19 heavy (non-hydrogen) atoms. The molecule has 0 radical (unpaired) electrons. The summed E-state index contributed by atoms with van der Waals surface area (Å²) in [5, 5.41) is 3.37. The van der Waals surface area contributed by atoms with E-state index in [0.29, 0.717) is 5.75 Å². The van der Waals surface area contributed by atoms with Crippen LogP contribution in [0.3, 0.4) is 0 Å². The number of ether oxygens (including phenoxy) is 1. The molecule has 0 unspecified atom stereocenters. The standard InChI is InChI=1S/C15H23NO2S/c1-4-8-16-10-13-6-5-7-14(9-13)19-11-15(17)18-12(2)3/h5-7,9,12,16H,4,8,10-11H2,1-3H3. The zero-order valence-electron chi connectivity index (χ0n) is 11.9. The summed E-state index contributed by atoms with van der Waals surface area (Å²) in [4.78, 5) is 12.6. The number of rotatable bonds is 8. The summed E-state index contributed by atoms with van der Waals surface area (Å²) in [6.07, 6.45) is 1.09. The quantitative estimate of drug-likeness (QED) is 0.451. The fraction of sp³-hybridized carbons (Fsp3) is 0.533. The maximum atomic E-state index is 11.5. The van der Waals surface area contributed by atoms with Crippen LogP contribution in [0.5, 0.6) is 0 Å². The molecule has 0 saturated heterocycles. The van der Waals surface area contributed by atoms with Crippen molar-refractivity contribution in [2.75, 3.05) is 12.3 Å². The van der Waals surface area contributed by atoms with Gasteiger partial charge in [0.1, 0.15) is 0 Å². The van der Waals surface area contributed by atoms with Crippen molar-refractivity contribution in [3.63, 3.8) is 0 Å². The Kier molecular flexibility index (Phi) is 7.60. The predicted molar refractivity (Wildman–Crippen MR) is 80.4 cm³/mol. The van der Waals surface area contributed by atoms with E-state index in [1.54, 1.807) is 0 Å². The van der Waals surface area contributed by atoms with Crippen molar-refractivity contribution in [1.82, 2.24) is 5.32 Å². The molecule has 1 N–H and O–H groups in total. The summed E-state index contributed by atoms with van der Waals surface area (Å²) in [5.74, 6) is 0.207. The first-order valence-electron chi connectivity index (χ1n) is 6.73. The Balaban J connectivity index is 2.41. The largest absolute Gasteiger partial charge is 0.462 e. The van der Waals surface area contributed by atoms with Crippen molar-refractivity contribution in [2.45, 2.75) is 44.7 Å². The molecule has 0 heterocycles. The lowest BCUT2D eigenvalue weighted by molar-refractivity contribution is -0.144. The van der Waals surface area contributed by atoms with Crippen molar-refractivity contribution < 1.29 is 9.53 Å². The molecule has 0 aromatic heterocycles. The van der Waals surface area contributed by atoms with Crippen LogP contribution >= 0.6 is 11.8 Å². The summed E-state index contributed by atoms with van der Waals surface area (Å²) >= 11 is 1.52. The van der Waals surface area contributed by atoms with E-state index < -0.39 is 0 Å².